The van der Waals surface area contributed by atoms with Gasteiger partial charge in [0.2, 0.25) is 0 Å². The zero-order valence-corrected chi connectivity index (χ0v) is 18.3. The van der Waals surface area contributed by atoms with Gasteiger partial charge in [0.15, 0.2) is 0 Å². The Morgan fingerprint density at radius 3 is 1.21 bits per heavy atom. The van der Waals surface area contributed by atoms with Gasteiger partial charge in [-0.25, -0.2) is 0 Å². The zero-order valence-electron chi connectivity index (χ0n) is 14.3. The molecular formula is C15H31Si4. The average Bonchev–Trinajstić information content (AvgIpc) is 2.12. The maximum absolute atomic E-state index is 3.23. The summed E-state index contributed by atoms with van der Waals surface area (Å²) >= 11 is 0. The average molecular weight is 324 g/mol. The summed E-state index contributed by atoms with van der Waals surface area (Å²) in [6.45, 7) is 22.4. The van der Waals surface area contributed by atoms with Crippen molar-refractivity contribution >= 4 is 34.6 Å². The third kappa shape index (κ3) is 2.77. The van der Waals surface area contributed by atoms with E-state index in [1.54, 1.807) is 5.19 Å². The lowest BCUT2D eigenvalue weighted by Crippen LogP contribution is -2.88. The fraction of sp³-hybridized carbons (Fsp3) is 0.600. The van der Waals surface area contributed by atoms with Crippen LogP contribution >= 0.6 is 0 Å². The van der Waals surface area contributed by atoms with E-state index in [4.69, 9.17) is 0 Å². The van der Waals surface area contributed by atoms with Gasteiger partial charge in [-0.3, -0.25) is 0 Å². The highest BCUT2D eigenvalue weighted by molar-refractivity contribution is 7.92. The van der Waals surface area contributed by atoms with E-state index in [2.05, 4.69) is 89.3 Å². The predicted octanol–water partition coefficient (Wildman–Crippen LogP) is 4.39. The Kier molecular flexibility index (Phi) is 4.63. The van der Waals surface area contributed by atoms with Gasteiger partial charge in [-0.2, -0.15) is 0 Å². The van der Waals surface area contributed by atoms with Crippen LogP contribution in [0, 0.1) is 6.07 Å². The van der Waals surface area contributed by atoms with Crippen LogP contribution in [0.1, 0.15) is 0 Å². The van der Waals surface area contributed by atoms with Crippen LogP contribution in [0.3, 0.4) is 0 Å². The van der Waals surface area contributed by atoms with E-state index >= 15 is 0 Å². The van der Waals surface area contributed by atoms with Crippen molar-refractivity contribution in [3.63, 3.8) is 0 Å². The van der Waals surface area contributed by atoms with Crippen molar-refractivity contribution in [3.05, 3.63) is 30.3 Å². The van der Waals surface area contributed by atoms with Crippen LogP contribution in [0.2, 0.25) is 58.9 Å². The van der Waals surface area contributed by atoms with Gasteiger partial charge in [0, 0.05) is 22.8 Å². The number of hydrogen-bond acceptors (Lipinski definition) is 0. The molecule has 0 nitrogen and oxygen atoms in total. The minimum Gasteiger partial charge on any atom is -0.0716 e. The van der Waals surface area contributed by atoms with E-state index in [0.29, 0.717) is 0 Å². The smallest absolute Gasteiger partial charge is 0.0685 e. The molecule has 1 aromatic carbocycles. The zero-order chi connectivity index (χ0) is 15.1. The monoisotopic (exact) mass is 323 g/mol. The molecule has 0 aromatic heterocycles. The highest BCUT2D eigenvalue weighted by Crippen LogP contribution is 2.36. The van der Waals surface area contributed by atoms with E-state index < -0.39 is 29.4 Å². The van der Waals surface area contributed by atoms with Gasteiger partial charge < -0.3 is 0 Å². The van der Waals surface area contributed by atoms with Crippen LogP contribution in [-0.2, 0) is 0 Å². The quantitative estimate of drug-likeness (QED) is 0.721. The fourth-order valence-corrected chi connectivity index (χ4v) is 106. The topological polar surface area (TPSA) is 0 Å². The molecule has 0 saturated carbocycles. The number of hydrogen-bond donors (Lipinski definition) is 0. The molecule has 19 heavy (non-hydrogen) atoms. The van der Waals surface area contributed by atoms with Crippen molar-refractivity contribution < 1.29 is 0 Å². The fourth-order valence-electron chi connectivity index (χ4n) is 5.31. The maximum atomic E-state index is 3.23. The summed E-state index contributed by atoms with van der Waals surface area (Å²) in [4.78, 5) is 0. The third-order valence-corrected chi connectivity index (χ3v) is 75.8. The molecule has 0 N–H and O–H groups in total. The summed E-state index contributed by atoms with van der Waals surface area (Å²) in [5, 5.41) is 1.75. The van der Waals surface area contributed by atoms with Gasteiger partial charge in [-0.1, -0.05) is 88.4 Å². The molecular weight excluding hydrogens is 293 g/mol. The largest absolute Gasteiger partial charge is 0.0716 e. The Labute approximate surface area is 124 Å². The van der Waals surface area contributed by atoms with E-state index in [9.17, 15) is 0 Å². The molecule has 0 aliphatic heterocycles. The Morgan fingerprint density at radius 1 is 0.632 bits per heavy atom. The van der Waals surface area contributed by atoms with Crippen molar-refractivity contribution in [3.8, 4) is 0 Å². The van der Waals surface area contributed by atoms with Gasteiger partial charge in [0.25, 0.3) is 0 Å². The van der Waals surface area contributed by atoms with Crippen LogP contribution < -0.4 is 5.19 Å². The van der Waals surface area contributed by atoms with Crippen LogP contribution in [0.5, 0.6) is 0 Å². The normalized spacial score (nSPS) is 14.6. The molecule has 0 heterocycles. The first-order valence-electron chi connectivity index (χ1n) is 7.32. The molecule has 0 fully saturated rings. The number of rotatable bonds is 4. The molecule has 0 saturated heterocycles. The molecule has 0 atom stereocenters. The van der Waals surface area contributed by atoms with Crippen molar-refractivity contribution in [2.24, 2.45) is 0 Å². The molecule has 1 radical (unpaired) electrons. The Balaban J connectivity index is 3.76. The second kappa shape index (κ2) is 5.13. The molecule has 0 amide bonds. The Hall–Kier alpha value is 0.0875. The highest BCUT2D eigenvalue weighted by Gasteiger charge is 2.62. The van der Waals surface area contributed by atoms with Crippen LogP contribution in [0.15, 0.2) is 24.3 Å². The van der Waals surface area contributed by atoms with E-state index in [-0.39, 0.29) is 0 Å². The highest BCUT2D eigenvalue weighted by atomic mass is 29.9. The van der Waals surface area contributed by atoms with Crippen molar-refractivity contribution in [1.29, 1.82) is 0 Å². The number of benzene rings is 1. The lowest BCUT2D eigenvalue weighted by Gasteiger charge is -2.57. The standard InChI is InChI=1S/C15H31Si4/c1-16(2,3)19(17(4,5)6,18(7,8)9)15-13-11-10-12-14-15/h11-14H,1-9H3. The molecule has 107 valence electrons. The van der Waals surface area contributed by atoms with Gasteiger partial charge in [-0.15, -0.1) is 0 Å². The third-order valence-electron chi connectivity index (χ3n) is 4.53. The van der Waals surface area contributed by atoms with E-state index in [1.807, 2.05) is 0 Å². The van der Waals surface area contributed by atoms with Crippen LogP contribution in [0.25, 0.3) is 0 Å². The SMILES string of the molecule is C[Si](C)(C)[Si](c1cc[c]cc1)([Si](C)(C)C)[Si](C)(C)C. The summed E-state index contributed by atoms with van der Waals surface area (Å²) < 4.78 is 0. The molecule has 1 aromatic rings. The van der Waals surface area contributed by atoms with Crippen LogP contribution in [0.4, 0.5) is 0 Å². The Bertz CT molecular complexity index is 382. The first-order valence-corrected chi connectivity index (χ1v) is 22.8. The minimum absolute atomic E-state index is 1.20. The maximum Gasteiger partial charge on any atom is 0.0685 e. The summed E-state index contributed by atoms with van der Waals surface area (Å²) in [5.41, 5.74) is 0. The van der Waals surface area contributed by atoms with Gasteiger partial charge in [-0.05, 0) is 6.07 Å². The lowest BCUT2D eigenvalue weighted by atomic mass is 10.4. The van der Waals surface area contributed by atoms with Gasteiger partial charge in [0.1, 0.15) is 0 Å². The molecule has 4 heteroatoms. The second-order valence-corrected chi connectivity index (χ2v) is 49.1. The molecule has 0 spiro atoms. The summed E-state index contributed by atoms with van der Waals surface area (Å²) in [5.74, 6) is 0. The van der Waals surface area contributed by atoms with E-state index in [0.717, 1.165) is 0 Å². The molecule has 0 bridgehead atoms. The van der Waals surface area contributed by atoms with Crippen molar-refractivity contribution in [1.82, 2.24) is 0 Å². The molecule has 0 aliphatic carbocycles. The summed E-state index contributed by atoms with van der Waals surface area (Å²) in [6, 6.07) is 12.4. The van der Waals surface area contributed by atoms with Crippen molar-refractivity contribution in [2.45, 2.75) is 58.9 Å². The molecule has 1 rings (SSSR count). The van der Waals surface area contributed by atoms with Gasteiger partial charge in [0.05, 0.1) is 6.63 Å². The predicted molar refractivity (Wildman–Crippen MR) is 101 cm³/mol. The first kappa shape index (κ1) is 17.1. The first-order chi connectivity index (χ1) is 8.36. The molecule has 0 aliphatic rings. The van der Waals surface area contributed by atoms with Gasteiger partial charge >= 0.3 is 0 Å². The minimum atomic E-state index is -1.38. The lowest BCUT2D eigenvalue weighted by molar-refractivity contribution is 1.69. The summed E-state index contributed by atoms with van der Waals surface area (Å²) in [7, 11) is -3.60. The van der Waals surface area contributed by atoms with E-state index in [1.165, 1.54) is 0 Å². The molecule has 0 unspecified atom stereocenters. The van der Waals surface area contributed by atoms with Crippen molar-refractivity contribution in [2.75, 3.05) is 0 Å². The van der Waals surface area contributed by atoms with Crippen LogP contribution in [-0.4, -0.2) is 29.4 Å². The Morgan fingerprint density at radius 2 is 0.947 bits per heavy atom. The second-order valence-electron chi connectivity index (χ2n) is 8.79. The summed E-state index contributed by atoms with van der Waals surface area (Å²) in [6.07, 6.45) is 0.